The molecule has 0 spiro atoms. The molecule has 0 radical (unpaired) electrons. The minimum atomic E-state index is -1.51. The molecule has 32 heavy (non-hydrogen) atoms. The normalized spacial score (nSPS) is 14.2. The van der Waals surface area contributed by atoms with Gasteiger partial charge in [-0.25, -0.2) is 0 Å². The first-order chi connectivity index (χ1) is 14.7. The zero-order valence-corrected chi connectivity index (χ0v) is 17.2. The summed E-state index contributed by atoms with van der Waals surface area (Å²) in [6, 6.07) is -5.81. The van der Waals surface area contributed by atoms with Gasteiger partial charge in [0.2, 0.25) is 23.6 Å². The van der Waals surface area contributed by atoms with E-state index in [9.17, 15) is 33.6 Å². The Labute approximate surface area is 181 Å². The van der Waals surface area contributed by atoms with Gasteiger partial charge in [0.15, 0.2) is 0 Å². The Morgan fingerprint density at radius 3 is 1.66 bits per heavy atom. The van der Waals surface area contributed by atoms with Crippen molar-refractivity contribution in [3.63, 3.8) is 0 Å². The average molecular weight is 461 g/mol. The van der Waals surface area contributed by atoms with Gasteiger partial charge in [0.05, 0.1) is 12.5 Å². The standard InChI is InChI=1S/C17H27N5O10/c1-7(17(31)32)20-15(29)10(3-5-12(24)25)22-16(30)9(2-4-11(19)23)21-14(28)8(18)6-13(26)27/h7-10H,2-6,18H2,1H3,(H2,19,23)(H,20,29)(H,21,28)(H,22,30)(H,24,25)(H,26,27)(H,31,32). The van der Waals surface area contributed by atoms with Crippen LogP contribution in [0, 0.1) is 0 Å². The number of carboxylic acid groups (broad SMARTS) is 3. The number of amides is 4. The first kappa shape index (κ1) is 28.2. The van der Waals surface area contributed by atoms with Crippen LogP contribution in [0.25, 0.3) is 0 Å². The average Bonchev–Trinajstić information content (AvgIpc) is 2.66. The van der Waals surface area contributed by atoms with Crippen LogP contribution in [0.3, 0.4) is 0 Å². The fourth-order valence-corrected chi connectivity index (χ4v) is 2.30. The molecule has 15 nitrogen and oxygen atoms in total. The molecule has 0 saturated heterocycles. The predicted molar refractivity (Wildman–Crippen MR) is 105 cm³/mol. The van der Waals surface area contributed by atoms with Crippen LogP contribution < -0.4 is 27.4 Å². The van der Waals surface area contributed by atoms with Crippen molar-refractivity contribution in [2.75, 3.05) is 0 Å². The number of carbonyl (C=O) groups excluding carboxylic acids is 4. The number of rotatable bonds is 15. The van der Waals surface area contributed by atoms with Crippen molar-refractivity contribution >= 4 is 41.5 Å². The molecule has 0 aliphatic rings. The Bertz CT molecular complexity index is 756. The van der Waals surface area contributed by atoms with Gasteiger partial charge in [0.1, 0.15) is 18.1 Å². The number of hydrogen-bond donors (Lipinski definition) is 8. The summed E-state index contributed by atoms with van der Waals surface area (Å²) >= 11 is 0. The molecule has 15 heteroatoms. The molecule has 10 N–H and O–H groups in total. The smallest absolute Gasteiger partial charge is 0.325 e. The van der Waals surface area contributed by atoms with E-state index in [1.807, 2.05) is 0 Å². The molecule has 0 aromatic heterocycles. The second-order valence-corrected chi connectivity index (χ2v) is 6.83. The lowest BCUT2D eigenvalue weighted by Gasteiger charge is -2.24. The van der Waals surface area contributed by atoms with Crippen molar-refractivity contribution in [1.29, 1.82) is 0 Å². The molecule has 0 aromatic carbocycles. The molecule has 0 aromatic rings. The van der Waals surface area contributed by atoms with Crippen molar-refractivity contribution in [3.05, 3.63) is 0 Å². The molecular weight excluding hydrogens is 434 g/mol. The third-order valence-electron chi connectivity index (χ3n) is 4.05. The highest BCUT2D eigenvalue weighted by atomic mass is 16.4. The molecule has 0 fully saturated rings. The molecule has 180 valence electrons. The maximum atomic E-state index is 12.6. The van der Waals surface area contributed by atoms with Gasteiger partial charge in [-0.2, -0.15) is 0 Å². The highest BCUT2D eigenvalue weighted by molar-refractivity contribution is 5.95. The van der Waals surface area contributed by atoms with Gasteiger partial charge in [-0.05, 0) is 19.8 Å². The van der Waals surface area contributed by atoms with Crippen LogP contribution in [-0.2, 0) is 33.6 Å². The molecule has 0 aliphatic heterocycles. The number of hydrogen-bond acceptors (Lipinski definition) is 8. The van der Waals surface area contributed by atoms with E-state index >= 15 is 0 Å². The molecular formula is C17H27N5O10. The summed E-state index contributed by atoms with van der Waals surface area (Å²) in [6.45, 7) is 1.15. The van der Waals surface area contributed by atoms with Crippen molar-refractivity contribution in [3.8, 4) is 0 Å². The SMILES string of the molecule is CC(NC(=O)C(CCC(=O)O)NC(=O)C(CCC(N)=O)NC(=O)C(N)CC(=O)O)C(=O)O. The second-order valence-electron chi connectivity index (χ2n) is 6.83. The second kappa shape index (κ2) is 13.5. The third kappa shape index (κ3) is 11.4. The fourth-order valence-electron chi connectivity index (χ4n) is 2.30. The number of carboxylic acids is 3. The van der Waals surface area contributed by atoms with E-state index in [0.717, 1.165) is 6.92 Å². The van der Waals surface area contributed by atoms with Gasteiger partial charge < -0.3 is 42.7 Å². The lowest BCUT2D eigenvalue weighted by Crippen LogP contribution is -2.57. The highest BCUT2D eigenvalue weighted by Gasteiger charge is 2.30. The van der Waals surface area contributed by atoms with E-state index in [1.165, 1.54) is 0 Å². The number of primary amides is 1. The maximum absolute atomic E-state index is 12.6. The molecule has 0 aliphatic carbocycles. The van der Waals surface area contributed by atoms with Gasteiger partial charge in [-0.3, -0.25) is 33.6 Å². The van der Waals surface area contributed by atoms with Crippen molar-refractivity contribution in [2.24, 2.45) is 11.5 Å². The number of nitrogens with one attached hydrogen (secondary N) is 3. The van der Waals surface area contributed by atoms with Crippen LogP contribution in [0.4, 0.5) is 0 Å². The quantitative estimate of drug-likeness (QED) is 0.118. The molecule has 4 unspecified atom stereocenters. The molecule has 0 bridgehead atoms. The third-order valence-corrected chi connectivity index (χ3v) is 4.05. The van der Waals surface area contributed by atoms with Crippen LogP contribution in [0.2, 0.25) is 0 Å². The molecule has 4 amide bonds. The van der Waals surface area contributed by atoms with Crippen LogP contribution in [0.1, 0.15) is 39.0 Å². The van der Waals surface area contributed by atoms with E-state index in [1.54, 1.807) is 0 Å². The van der Waals surface area contributed by atoms with E-state index < -0.39 is 85.0 Å². The summed E-state index contributed by atoms with van der Waals surface area (Å²) in [4.78, 5) is 80.6. The monoisotopic (exact) mass is 461 g/mol. The Morgan fingerprint density at radius 2 is 1.22 bits per heavy atom. The van der Waals surface area contributed by atoms with Gasteiger partial charge in [0, 0.05) is 12.8 Å². The van der Waals surface area contributed by atoms with Crippen molar-refractivity contribution < 1.29 is 48.9 Å². The first-order valence-corrected chi connectivity index (χ1v) is 9.36. The van der Waals surface area contributed by atoms with Crippen LogP contribution in [0.5, 0.6) is 0 Å². The summed E-state index contributed by atoms with van der Waals surface area (Å²) in [5.41, 5.74) is 10.5. The predicted octanol–water partition coefficient (Wildman–Crippen LogP) is -3.52. The summed E-state index contributed by atoms with van der Waals surface area (Å²) in [7, 11) is 0. The van der Waals surface area contributed by atoms with Gasteiger partial charge in [0.25, 0.3) is 0 Å². The van der Waals surface area contributed by atoms with Crippen molar-refractivity contribution in [1.82, 2.24) is 16.0 Å². The maximum Gasteiger partial charge on any atom is 0.325 e. The summed E-state index contributed by atoms with van der Waals surface area (Å²) < 4.78 is 0. The summed E-state index contributed by atoms with van der Waals surface area (Å²) in [5.74, 6) is -7.89. The van der Waals surface area contributed by atoms with Crippen LogP contribution in [0.15, 0.2) is 0 Å². The lowest BCUT2D eigenvalue weighted by molar-refractivity contribution is -0.142. The summed E-state index contributed by atoms with van der Waals surface area (Å²) in [6.07, 6.45) is -2.40. The lowest BCUT2D eigenvalue weighted by atomic mass is 10.1. The summed E-state index contributed by atoms with van der Waals surface area (Å²) in [5, 5.41) is 32.9. The molecule has 4 atom stereocenters. The van der Waals surface area contributed by atoms with E-state index in [4.69, 9.17) is 26.8 Å². The first-order valence-electron chi connectivity index (χ1n) is 9.36. The minimum absolute atomic E-state index is 0.328. The minimum Gasteiger partial charge on any atom is -0.481 e. The number of carbonyl (C=O) groups is 7. The van der Waals surface area contributed by atoms with Gasteiger partial charge in [-0.15, -0.1) is 0 Å². The van der Waals surface area contributed by atoms with Crippen LogP contribution in [-0.4, -0.2) is 81.0 Å². The zero-order valence-electron chi connectivity index (χ0n) is 17.2. The number of nitrogens with two attached hydrogens (primary N) is 2. The fraction of sp³-hybridized carbons (Fsp3) is 0.588. The van der Waals surface area contributed by atoms with E-state index in [0.29, 0.717) is 0 Å². The van der Waals surface area contributed by atoms with Crippen LogP contribution >= 0.6 is 0 Å². The Hall–Kier alpha value is -3.75. The highest BCUT2D eigenvalue weighted by Crippen LogP contribution is 2.04. The Morgan fingerprint density at radius 1 is 0.750 bits per heavy atom. The number of aliphatic carboxylic acids is 3. The van der Waals surface area contributed by atoms with E-state index in [2.05, 4.69) is 16.0 Å². The van der Waals surface area contributed by atoms with Gasteiger partial charge in [-0.1, -0.05) is 0 Å². The zero-order chi connectivity index (χ0) is 25.0. The molecule has 0 saturated carbocycles. The van der Waals surface area contributed by atoms with E-state index in [-0.39, 0.29) is 12.8 Å². The topological polar surface area (TPSA) is 268 Å². The Kier molecular flexibility index (Phi) is 11.9. The van der Waals surface area contributed by atoms with Gasteiger partial charge >= 0.3 is 17.9 Å². The largest absolute Gasteiger partial charge is 0.481 e. The molecule has 0 heterocycles. The molecule has 0 rings (SSSR count). The van der Waals surface area contributed by atoms with Crippen molar-refractivity contribution in [2.45, 2.75) is 63.2 Å². The Balaban J connectivity index is 5.48.